The van der Waals surface area contributed by atoms with Crippen molar-refractivity contribution in [3.05, 3.63) is 61.3 Å². The lowest BCUT2D eigenvalue weighted by Gasteiger charge is -1.99. The van der Waals surface area contributed by atoms with Gasteiger partial charge in [-0.3, -0.25) is 9.97 Å². The molecule has 6 heteroatoms. The van der Waals surface area contributed by atoms with Crippen LogP contribution in [0.15, 0.2) is 61.3 Å². The molecule has 3 heterocycles. The van der Waals surface area contributed by atoms with Gasteiger partial charge in [0.25, 0.3) is 0 Å². The molecule has 3 aromatic heterocycles. The van der Waals surface area contributed by atoms with Crippen molar-refractivity contribution >= 4 is 32.5 Å². The number of aromatic nitrogens is 4. The van der Waals surface area contributed by atoms with E-state index in [9.17, 15) is 0 Å². The Balaban J connectivity index is 1.69. The molecule has 0 radical (unpaired) electrons. The highest BCUT2D eigenvalue weighted by molar-refractivity contribution is 7.22. The maximum atomic E-state index is 4.57. The van der Waals surface area contributed by atoms with Crippen molar-refractivity contribution < 1.29 is 0 Å². The van der Waals surface area contributed by atoms with Crippen LogP contribution in [0.5, 0.6) is 0 Å². The van der Waals surface area contributed by atoms with Gasteiger partial charge in [0.15, 0.2) is 10.9 Å². The molecule has 106 valence electrons. The lowest BCUT2D eigenvalue weighted by atomic mass is 10.1. The minimum Gasteiger partial charge on any atom is -0.315 e. The third-order valence-corrected chi connectivity index (χ3v) is 4.13. The summed E-state index contributed by atoms with van der Waals surface area (Å²) >= 11 is 1.60. The molecule has 0 aliphatic heterocycles. The lowest BCUT2D eigenvalue weighted by Crippen LogP contribution is -1.92. The molecule has 0 spiro atoms. The first-order chi connectivity index (χ1) is 10.9. The average Bonchev–Trinajstić information content (AvgIpc) is 2.98. The normalized spacial score (nSPS) is 10.7. The van der Waals surface area contributed by atoms with Crippen LogP contribution >= 0.6 is 11.3 Å². The van der Waals surface area contributed by atoms with E-state index in [1.165, 1.54) is 0 Å². The molecular formula is C16H11N5S. The Hall–Kier alpha value is -2.86. The maximum absolute atomic E-state index is 4.57. The van der Waals surface area contributed by atoms with Crippen LogP contribution in [0.25, 0.3) is 21.3 Å². The van der Waals surface area contributed by atoms with E-state index in [0.717, 1.165) is 26.5 Å². The zero-order valence-electron chi connectivity index (χ0n) is 11.5. The highest BCUT2D eigenvalue weighted by atomic mass is 32.1. The highest BCUT2D eigenvalue weighted by Gasteiger charge is 2.06. The molecule has 0 aliphatic carbocycles. The number of nitrogens with zero attached hydrogens (tertiary/aromatic N) is 4. The smallest absolute Gasteiger partial charge is 0.189 e. The Bertz CT molecular complexity index is 906. The number of hydrogen-bond donors (Lipinski definition) is 1. The van der Waals surface area contributed by atoms with Crippen molar-refractivity contribution in [3.63, 3.8) is 0 Å². The summed E-state index contributed by atoms with van der Waals surface area (Å²) in [6, 6.07) is 10.2. The first-order valence-corrected chi connectivity index (χ1v) is 7.54. The van der Waals surface area contributed by atoms with Crippen molar-refractivity contribution in [2.75, 3.05) is 5.32 Å². The molecule has 5 nitrogen and oxygen atoms in total. The lowest BCUT2D eigenvalue weighted by molar-refractivity contribution is 1.19. The number of anilines is 2. The molecule has 1 N–H and O–H groups in total. The third kappa shape index (κ3) is 2.51. The van der Waals surface area contributed by atoms with Crippen LogP contribution in [0.1, 0.15) is 0 Å². The number of hydrogen-bond acceptors (Lipinski definition) is 6. The van der Waals surface area contributed by atoms with Gasteiger partial charge in [-0.15, -0.1) is 0 Å². The Labute approximate surface area is 130 Å². The van der Waals surface area contributed by atoms with Crippen LogP contribution < -0.4 is 5.32 Å². The van der Waals surface area contributed by atoms with Gasteiger partial charge in [-0.05, 0) is 35.4 Å². The fourth-order valence-electron chi connectivity index (χ4n) is 2.18. The zero-order valence-corrected chi connectivity index (χ0v) is 12.3. The number of pyridine rings is 1. The second-order valence-electron chi connectivity index (χ2n) is 4.65. The summed E-state index contributed by atoms with van der Waals surface area (Å²) in [4.78, 5) is 16.9. The predicted octanol–water partition coefficient (Wildman–Crippen LogP) is 3.89. The second kappa shape index (κ2) is 5.50. The zero-order chi connectivity index (χ0) is 14.8. The van der Waals surface area contributed by atoms with E-state index in [2.05, 4.69) is 37.4 Å². The number of nitrogens with one attached hydrogen (secondary N) is 1. The average molecular weight is 305 g/mol. The van der Waals surface area contributed by atoms with E-state index < -0.39 is 0 Å². The molecule has 0 saturated carbocycles. The summed E-state index contributed by atoms with van der Waals surface area (Å²) in [7, 11) is 0. The minimum atomic E-state index is 0.691. The molecule has 0 atom stereocenters. The molecule has 0 bridgehead atoms. The first kappa shape index (κ1) is 12.8. The van der Waals surface area contributed by atoms with Gasteiger partial charge in [0.2, 0.25) is 0 Å². The largest absolute Gasteiger partial charge is 0.315 e. The first-order valence-electron chi connectivity index (χ1n) is 6.72. The molecule has 0 amide bonds. The van der Waals surface area contributed by atoms with Crippen molar-refractivity contribution in [1.29, 1.82) is 0 Å². The minimum absolute atomic E-state index is 0.691. The quantitative estimate of drug-likeness (QED) is 0.622. The fraction of sp³-hybridized carbons (Fsp3) is 0. The molecule has 0 unspecified atom stereocenters. The van der Waals surface area contributed by atoms with Crippen LogP contribution in [0.2, 0.25) is 0 Å². The van der Waals surface area contributed by atoms with Crippen LogP contribution in [-0.4, -0.2) is 19.9 Å². The topological polar surface area (TPSA) is 63.6 Å². The summed E-state index contributed by atoms with van der Waals surface area (Å²) in [6.07, 6.45) is 8.57. The van der Waals surface area contributed by atoms with Crippen molar-refractivity contribution in [2.45, 2.75) is 0 Å². The summed E-state index contributed by atoms with van der Waals surface area (Å²) in [5.41, 5.74) is 3.27. The van der Waals surface area contributed by atoms with E-state index in [1.54, 1.807) is 42.3 Å². The molecule has 4 rings (SSSR count). The van der Waals surface area contributed by atoms with Gasteiger partial charge < -0.3 is 5.32 Å². The summed E-state index contributed by atoms with van der Waals surface area (Å²) < 4.78 is 1.13. The number of thiazole rings is 1. The molecule has 4 aromatic rings. The third-order valence-electron chi connectivity index (χ3n) is 3.20. The number of rotatable bonds is 3. The maximum Gasteiger partial charge on any atom is 0.189 e. The van der Waals surface area contributed by atoms with Gasteiger partial charge in [-0.25, -0.2) is 9.97 Å². The van der Waals surface area contributed by atoms with Crippen molar-refractivity contribution in [2.24, 2.45) is 0 Å². The van der Waals surface area contributed by atoms with E-state index in [0.29, 0.717) is 5.82 Å². The second-order valence-corrected chi connectivity index (χ2v) is 5.68. The van der Waals surface area contributed by atoms with E-state index in [4.69, 9.17) is 0 Å². The van der Waals surface area contributed by atoms with Crippen LogP contribution in [-0.2, 0) is 0 Å². The standard InChI is InChI=1S/C16H11N5S/c1-2-13-14(9-12(1)11-3-5-17-6-4-11)22-16(20-13)21-15-10-18-7-8-19-15/h1-10H,(H,19,20,21). The number of benzene rings is 1. The van der Waals surface area contributed by atoms with Gasteiger partial charge in [0, 0.05) is 24.8 Å². The Morgan fingerprint density at radius 1 is 0.864 bits per heavy atom. The van der Waals surface area contributed by atoms with Gasteiger partial charge in [0.1, 0.15) is 0 Å². The van der Waals surface area contributed by atoms with Gasteiger partial charge in [-0.2, -0.15) is 0 Å². The molecule has 1 aromatic carbocycles. The monoisotopic (exact) mass is 305 g/mol. The number of fused-ring (bicyclic) bond motifs is 1. The molecule has 0 saturated heterocycles. The highest BCUT2D eigenvalue weighted by Crippen LogP contribution is 2.31. The Morgan fingerprint density at radius 2 is 1.77 bits per heavy atom. The SMILES string of the molecule is c1cc(-c2ccc3nc(Nc4cnccn4)sc3c2)ccn1. The van der Waals surface area contributed by atoms with Gasteiger partial charge >= 0.3 is 0 Å². The van der Waals surface area contributed by atoms with E-state index >= 15 is 0 Å². The van der Waals surface area contributed by atoms with Crippen molar-refractivity contribution in [3.8, 4) is 11.1 Å². The van der Waals surface area contributed by atoms with Crippen LogP contribution in [0, 0.1) is 0 Å². The Kier molecular flexibility index (Phi) is 3.21. The molecule has 0 fully saturated rings. The van der Waals surface area contributed by atoms with E-state index in [-0.39, 0.29) is 0 Å². The molecular weight excluding hydrogens is 294 g/mol. The predicted molar refractivity (Wildman–Crippen MR) is 88.2 cm³/mol. The molecule has 0 aliphatic rings. The van der Waals surface area contributed by atoms with Gasteiger partial charge in [0.05, 0.1) is 16.4 Å². The fourth-order valence-corrected chi connectivity index (χ4v) is 3.09. The summed E-state index contributed by atoms with van der Waals surface area (Å²) in [5.74, 6) is 0.691. The van der Waals surface area contributed by atoms with Crippen LogP contribution in [0.3, 0.4) is 0 Å². The summed E-state index contributed by atoms with van der Waals surface area (Å²) in [5, 5.41) is 3.98. The molecule has 22 heavy (non-hydrogen) atoms. The van der Waals surface area contributed by atoms with Crippen molar-refractivity contribution in [1.82, 2.24) is 19.9 Å². The van der Waals surface area contributed by atoms with Gasteiger partial charge in [-0.1, -0.05) is 17.4 Å². The summed E-state index contributed by atoms with van der Waals surface area (Å²) in [6.45, 7) is 0. The van der Waals surface area contributed by atoms with E-state index in [1.807, 2.05) is 18.2 Å². The van der Waals surface area contributed by atoms with Crippen LogP contribution in [0.4, 0.5) is 10.9 Å². The Morgan fingerprint density at radius 3 is 2.59 bits per heavy atom.